The summed E-state index contributed by atoms with van der Waals surface area (Å²) in [7, 11) is -1.17. The Labute approximate surface area is 174 Å². The quantitative estimate of drug-likeness (QED) is 0.750. The number of amides is 1. The molecule has 2 aromatic rings. The summed E-state index contributed by atoms with van der Waals surface area (Å²) in [6, 6.07) is 8.53. The second-order valence-electron chi connectivity index (χ2n) is 6.65. The van der Waals surface area contributed by atoms with Crippen LogP contribution in [0.15, 0.2) is 35.3 Å². The van der Waals surface area contributed by atoms with Crippen LogP contribution in [-0.2, 0) is 17.3 Å². The van der Waals surface area contributed by atoms with Gasteiger partial charge in [0.2, 0.25) is 0 Å². The zero-order valence-corrected chi connectivity index (χ0v) is 17.9. The van der Waals surface area contributed by atoms with E-state index in [1.807, 2.05) is 32.0 Å². The van der Waals surface area contributed by atoms with Gasteiger partial charge in [-0.1, -0.05) is 41.4 Å². The fourth-order valence-electron chi connectivity index (χ4n) is 2.59. The average molecular weight is 444 g/mol. The van der Waals surface area contributed by atoms with Gasteiger partial charge < -0.3 is 11.1 Å². The number of nitrogens with zero attached hydrogens (tertiary/aromatic N) is 1. The first-order valence-corrected chi connectivity index (χ1v) is 11.1. The van der Waals surface area contributed by atoms with E-state index in [-0.39, 0.29) is 5.91 Å². The Morgan fingerprint density at radius 1 is 1.37 bits per heavy atom. The van der Waals surface area contributed by atoms with Crippen LogP contribution in [0.25, 0.3) is 0 Å². The number of carbonyl (C=O) groups is 1. The lowest BCUT2D eigenvalue weighted by Crippen LogP contribution is -2.47. The van der Waals surface area contributed by atoms with Crippen molar-refractivity contribution in [3.05, 3.63) is 55.7 Å². The molecule has 0 bridgehead atoms. The van der Waals surface area contributed by atoms with E-state index >= 15 is 0 Å². The minimum absolute atomic E-state index is 0.248. The molecule has 0 aliphatic carbocycles. The summed E-state index contributed by atoms with van der Waals surface area (Å²) >= 11 is 13.7. The highest BCUT2D eigenvalue weighted by Crippen LogP contribution is 2.38. The summed E-state index contributed by atoms with van der Waals surface area (Å²) in [6.45, 7) is 3.93. The van der Waals surface area contributed by atoms with Crippen LogP contribution in [0.1, 0.15) is 40.0 Å². The van der Waals surface area contributed by atoms with Gasteiger partial charge in [-0.2, -0.15) is 0 Å². The van der Waals surface area contributed by atoms with Crippen LogP contribution in [0.3, 0.4) is 0 Å². The van der Waals surface area contributed by atoms with Crippen LogP contribution in [0, 0.1) is 0 Å². The first kappa shape index (κ1) is 20.3. The Hall–Kier alpha value is -1.41. The van der Waals surface area contributed by atoms with Gasteiger partial charge in [0, 0.05) is 27.2 Å². The van der Waals surface area contributed by atoms with Gasteiger partial charge in [0.05, 0.1) is 26.4 Å². The third-order valence-corrected chi connectivity index (χ3v) is 8.42. The van der Waals surface area contributed by atoms with Crippen molar-refractivity contribution in [1.29, 1.82) is 0 Å². The van der Waals surface area contributed by atoms with Crippen LogP contribution in [0.4, 0.5) is 0 Å². The van der Waals surface area contributed by atoms with Gasteiger partial charge in [0.1, 0.15) is 5.84 Å². The third-order valence-electron chi connectivity index (χ3n) is 4.43. The highest BCUT2D eigenvalue weighted by molar-refractivity contribution is 7.87. The fourth-order valence-corrected chi connectivity index (χ4v) is 5.55. The van der Waals surface area contributed by atoms with Crippen molar-refractivity contribution in [2.75, 3.05) is 5.75 Å². The van der Waals surface area contributed by atoms with E-state index in [9.17, 15) is 9.00 Å². The van der Waals surface area contributed by atoms with Gasteiger partial charge in [-0.25, -0.2) is 0 Å². The highest BCUT2D eigenvalue weighted by Gasteiger charge is 2.38. The molecule has 0 fully saturated rings. The number of carbonyl (C=O) groups excluding carboxylic acids is 1. The predicted octanol–water partition coefficient (Wildman–Crippen LogP) is 3.92. The molecule has 144 valence electrons. The summed E-state index contributed by atoms with van der Waals surface area (Å²) in [5.74, 6) is 0.419. The number of halogens is 2. The molecule has 3 rings (SSSR count). The van der Waals surface area contributed by atoms with Crippen molar-refractivity contribution in [2.45, 2.75) is 31.2 Å². The largest absolute Gasteiger partial charge is 0.386 e. The lowest BCUT2D eigenvalue weighted by Gasteiger charge is -2.30. The molecular weight excluding hydrogens is 425 g/mol. The minimum atomic E-state index is -1.17. The fraction of sp³-hybridized carbons (Fsp3) is 0.333. The topological polar surface area (TPSA) is 84.5 Å². The molecule has 1 aromatic heterocycles. The number of hydrogen-bond acceptors (Lipinski definition) is 5. The van der Waals surface area contributed by atoms with E-state index in [0.29, 0.717) is 37.9 Å². The highest BCUT2D eigenvalue weighted by atomic mass is 35.5. The first-order chi connectivity index (χ1) is 12.7. The summed E-state index contributed by atoms with van der Waals surface area (Å²) in [4.78, 5) is 18.1. The summed E-state index contributed by atoms with van der Waals surface area (Å²) in [5, 5.41) is 3.87. The van der Waals surface area contributed by atoms with Gasteiger partial charge in [-0.05, 0) is 31.5 Å². The lowest BCUT2D eigenvalue weighted by atomic mass is 10.1. The van der Waals surface area contributed by atoms with E-state index < -0.39 is 21.6 Å². The van der Waals surface area contributed by atoms with E-state index in [0.717, 1.165) is 5.56 Å². The van der Waals surface area contributed by atoms with Crippen molar-refractivity contribution in [3.63, 3.8) is 0 Å². The van der Waals surface area contributed by atoms with E-state index in [1.165, 1.54) is 11.3 Å². The molecule has 1 amide bonds. The molecule has 2 unspecified atom stereocenters. The molecule has 0 radical (unpaired) electrons. The maximum Gasteiger partial charge on any atom is 0.261 e. The molecule has 0 spiro atoms. The van der Waals surface area contributed by atoms with Crippen LogP contribution >= 0.6 is 34.5 Å². The zero-order chi connectivity index (χ0) is 19.8. The van der Waals surface area contributed by atoms with Gasteiger partial charge >= 0.3 is 0 Å². The monoisotopic (exact) mass is 443 g/mol. The second kappa shape index (κ2) is 7.91. The summed E-state index contributed by atoms with van der Waals surface area (Å²) < 4.78 is 11.8. The van der Waals surface area contributed by atoms with Crippen molar-refractivity contribution in [1.82, 2.24) is 5.32 Å². The number of amidine groups is 1. The second-order valence-corrected chi connectivity index (χ2v) is 10.6. The van der Waals surface area contributed by atoms with Crippen LogP contribution in [0.5, 0.6) is 0 Å². The van der Waals surface area contributed by atoms with Gasteiger partial charge in [-0.3, -0.25) is 14.0 Å². The SMILES string of the molecule is CC1(C)C(N)=NC(c2sc(C(=O)NCc3ccccc3Cl)cc2Cl)CS1=O. The van der Waals surface area contributed by atoms with E-state index in [2.05, 4.69) is 10.3 Å². The van der Waals surface area contributed by atoms with Crippen LogP contribution in [-0.4, -0.2) is 26.5 Å². The summed E-state index contributed by atoms with van der Waals surface area (Å²) in [6.07, 6.45) is 0. The number of hydrogen-bond donors (Lipinski definition) is 2. The minimum Gasteiger partial charge on any atom is -0.386 e. The van der Waals surface area contributed by atoms with Crippen molar-refractivity contribution in [3.8, 4) is 0 Å². The summed E-state index contributed by atoms with van der Waals surface area (Å²) in [5.41, 5.74) is 6.83. The molecule has 5 nitrogen and oxygen atoms in total. The van der Waals surface area contributed by atoms with Crippen LogP contribution in [0.2, 0.25) is 10.0 Å². The Morgan fingerprint density at radius 3 is 2.74 bits per heavy atom. The number of thiophene rings is 1. The smallest absolute Gasteiger partial charge is 0.261 e. The standard InChI is InChI=1S/C18H19Cl2N3O2S2/c1-18(2)17(21)23-13(9-27(18)25)15-12(20)7-14(26-15)16(24)22-8-10-5-3-4-6-11(10)19/h3-7,13H,8-9H2,1-2H3,(H2,21,23)(H,22,24). The van der Waals surface area contributed by atoms with Crippen molar-refractivity contribution >= 4 is 57.1 Å². The Morgan fingerprint density at radius 2 is 2.07 bits per heavy atom. The predicted molar refractivity (Wildman–Crippen MR) is 113 cm³/mol. The molecule has 1 aromatic carbocycles. The number of aliphatic imine (C=N–C) groups is 1. The maximum atomic E-state index is 12.5. The molecule has 27 heavy (non-hydrogen) atoms. The Balaban J connectivity index is 1.77. The van der Waals surface area contributed by atoms with E-state index in [1.54, 1.807) is 12.1 Å². The Bertz CT molecular complexity index is 940. The molecule has 1 aliphatic rings. The maximum absolute atomic E-state index is 12.5. The average Bonchev–Trinajstić information content (AvgIpc) is 3.00. The molecule has 9 heteroatoms. The van der Waals surface area contributed by atoms with Crippen LogP contribution < -0.4 is 11.1 Å². The Kier molecular flexibility index (Phi) is 5.96. The van der Waals surface area contributed by atoms with Gasteiger partial charge in [-0.15, -0.1) is 11.3 Å². The third kappa shape index (κ3) is 4.21. The normalized spacial score (nSPS) is 21.6. The zero-order valence-electron chi connectivity index (χ0n) is 14.8. The molecule has 0 saturated heterocycles. The van der Waals surface area contributed by atoms with E-state index in [4.69, 9.17) is 28.9 Å². The molecular formula is C18H19Cl2N3O2S2. The van der Waals surface area contributed by atoms with Crippen molar-refractivity contribution < 1.29 is 9.00 Å². The van der Waals surface area contributed by atoms with Crippen molar-refractivity contribution in [2.24, 2.45) is 10.7 Å². The molecule has 2 heterocycles. The number of benzene rings is 1. The first-order valence-electron chi connectivity index (χ1n) is 8.23. The molecule has 1 aliphatic heterocycles. The number of nitrogens with two attached hydrogens (primary N) is 1. The lowest BCUT2D eigenvalue weighted by molar-refractivity contribution is 0.0955. The molecule has 3 N–H and O–H groups in total. The molecule has 0 saturated carbocycles. The molecule has 2 atom stereocenters. The van der Waals surface area contributed by atoms with Gasteiger partial charge in [0.15, 0.2) is 0 Å². The number of nitrogens with one attached hydrogen (secondary N) is 1. The number of rotatable bonds is 4. The van der Waals surface area contributed by atoms with Gasteiger partial charge in [0.25, 0.3) is 5.91 Å².